The average Bonchev–Trinajstić information content (AvgIpc) is 2.60. The Morgan fingerprint density at radius 3 is 2.31 bits per heavy atom. The molecule has 4 aliphatic carbocycles. The Bertz CT molecular complexity index is 727. The molecule has 0 spiro atoms. The van der Waals surface area contributed by atoms with E-state index in [-0.39, 0.29) is 17.2 Å². The van der Waals surface area contributed by atoms with Crippen LogP contribution in [-0.2, 0) is 9.59 Å². The van der Waals surface area contributed by atoms with E-state index in [0.29, 0.717) is 36.4 Å². The minimum atomic E-state index is -0.842. The van der Waals surface area contributed by atoms with E-state index in [4.69, 9.17) is 0 Å². The second-order valence-corrected chi connectivity index (χ2v) is 8.91. The Morgan fingerprint density at radius 2 is 1.69 bits per heavy atom. The molecule has 4 saturated carbocycles. The van der Waals surface area contributed by atoms with Crippen LogP contribution in [0.3, 0.4) is 0 Å². The van der Waals surface area contributed by atoms with E-state index in [2.05, 4.69) is 5.32 Å². The predicted octanol–water partition coefficient (Wildman–Crippen LogP) is 3.04. The number of halogens is 1. The quantitative estimate of drug-likeness (QED) is 0.885. The summed E-state index contributed by atoms with van der Waals surface area (Å²) in [7, 11) is 0. The predicted molar refractivity (Wildman–Crippen MR) is 94.5 cm³/mol. The number of hydrogen-bond acceptors (Lipinski definition) is 2. The summed E-state index contributed by atoms with van der Waals surface area (Å²) in [5.74, 6) is 1.40. The highest BCUT2D eigenvalue weighted by Gasteiger charge is 2.56. The van der Waals surface area contributed by atoms with Crippen LogP contribution in [0.1, 0.15) is 50.1 Å². The topological polar surface area (TPSA) is 49.4 Å². The monoisotopic (exact) mass is 356 g/mol. The van der Waals surface area contributed by atoms with Crippen LogP contribution in [0.25, 0.3) is 0 Å². The zero-order chi connectivity index (χ0) is 17.9. The molecule has 1 atom stereocenters. The molecule has 2 amide bonds. The number of piperazine rings is 1. The van der Waals surface area contributed by atoms with Gasteiger partial charge in [-0.25, -0.2) is 4.39 Å². The standard InChI is InChI=1S/C21H25FN2O2/c22-17-4-2-1-3-16(17)18-19(25)23-5-6-24(18)20(26)21-10-13-7-14(11-21)9-15(8-13)12-21/h1-4,13-15,18H,5-12H2,(H,23,25). The first kappa shape index (κ1) is 16.3. The van der Waals surface area contributed by atoms with Gasteiger partial charge in [-0.1, -0.05) is 18.2 Å². The second kappa shape index (κ2) is 5.80. The lowest BCUT2D eigenvalue weighted by Crippen LogP contribution is -2.59. The van der Waals surface area contributed by atoms with Crippen molar-refractivity contribution in [1.82, 2.24) is 10.2 Å². The minimum Gasteiger partial charge on any atom is -0.352 e. The molecule has 5 aliphatic rings. The molecule has 0 radical (unpaired) electrons. The van der Waals surface area contributed by atoms with Crippen molar-refractivity contribution >= 4 is 11.8 Å². The van der Waals surface area contributed by atoms with E-state index in [9.17, 15) is 14.0 Å². The fourth-order valence-corrected chi connectivity index (χ4v) is 6.57. The van der Waals surface area contributed by atoms with E-state index < -0.39 is 11.9 Å². The Labute approximate surface area is 153 Å². The van der Waals surface area contributed by atoms with Gasteiger partial charge in [-0.05, 0) is 62.3 Å². The lowest BCUT2D eigenvalue weighted by atomic mass is 9.49. The zero-order valence-corrected chi connectivity index (χ0v) is 14.9. The van der Waals surface area contributed by atoms with Crippen molar-refractivity contribution in [3.8, 4) is 0 Å². The summed E-state index contributed by atoms with van der Waals surface area (Å²) >= 11 is 0. The highest BCUT2D eigenvalue weighted by atomic mass is 19.1. The Hall–Kier alpha value is -1.91. The first-order chi connectivity index (χ1) is 12.6. The van der Waals surface area contributed by atoms with Gasteiger partial charge in [-0.3, -0.25) is 9.59 Å². The van der Waals surface area contributed by atoms with Gasteiger partial charge in [0.1, 0.15) is 11.9 Å². The summed E-state index contributed by atoms with van der Waals surface area (Å²) in [5, 5.41) is 2.82. The van der Waals surface area contributed by atoms with Crippen molar-refractivity contribution in [2.75, 3.05) is 13.1 Å². The van der Waals surface area contributed by atoms with Crippen molar-refractivity contribution in [3.63, 3.8) is 0 Å². The van der Waals surface area contributed by atoms with Gasteiger partial charge in [0.15, 0.2) is 0 Å². The number of nitrogens with zero attached hydrogens (tertiary/aromatic N) is 1. The summed E-state index contributed by atoms with van der Waals surface area (Å²) in [4.78, 5) is 28.0. The van der Waals surface area contributed by atoms with Crippen LogP contribution in [-0.4, -0.2) is 29.8 Å². The average molecular weight is 356 g/mol. The minimum absolute atomic E-state index is 0.0969. The van der Waals surface area contributed by atoms with E-state index >= 15 is 0 Å². The molecule has 1 aromatic rings. The molecule has 1 saturated heterocycles. The van der Waals surface area contributed by atoms with Crippen LogP contribution in [0, 0.1) is 29.0 Å². The molecule has 5 heteroatoms. The van der Waals surface area contributed by atoms with E-state index in [0.717, 1.165) is 19.3 Å². The molecule has 1 aromatic carbocycles. The molecular weight excluding hydrogens is 331 g/mol. The highest BCUT2D eigenvalue weighted by molar-refractivity contribution is 5.92. The number of amides is 2. The number of hydrogen-bond donors (Lipinski definition) is 1. The fourth-order valence-electron chi connectivity index (χ4n) is 6.57. The molecule has 6 rings (SSSR count). The maximum Gasteiger partial charge on any atom is 0.247 e. The van der Waals surface area contributed by atoms with Crippen LogP contribution in [0.5, 0.6) is 0 Å². The second-order valence-electron chi connectivity index (χ2n) is 8.91. The molecule has 5 fully saturated rings. The maximum atomic E-state index is 14.4. The molecule has 4 nitrogen and oxygen atoms in total. The van der Waals surface area contributed by atoms with Crippen LogP contribution >= 0.6 is 0 Å². The fraction of sp³-hybridized carbons (Fsp3) is 0.619. The van der Waals surface area contributed by atoms with Crippen molar-refractivity contribution in [1.29, 1.82) is 0 Å². The molecule has 0 aromatic heterocycles. The van der Waals surface area contributed by atoms with E-state index in [1.54, 1.807) is 23.1 Å². The van der Waals surface area contributed by atoms with Crippen LogP contribution < -0.4 is 5.32 Å². The molecule has 1 N–H and O–H groups in total. The first-order valence-corrected chi connectivity index (χ1v) is 9.89. The highest BCUT2D eigenvalue weighted by Crippen LogP contribution is 2.61. The van der Waals surface area contributed by atoms with Gasteiger partial charge in [0.05, 0.1) is 5.41 Å². The maximum absolute atomic E-state index is 14.4. The van der Waals surface area contributed by atoms with Crippen LogP contribution in [0.2, 0.25) is 0 Å². The SMILES string of the molecule is O=C1NCCN(C(=O)C23CC4CC(CC(C4)C2)C3)C1c1ccccc1F. The number of rotatable bonds is 2. The summed E-state index contributed by atoms with van der Waals surface area (Å²) < 4.78 is 14.4. The molecule has 138 valence electrons. The van der Waals surface area contributed by atoms with E-state index in [1.165, 1.54) is 25.3 Å². The summed E-state index contributed by atoms with van der Waals surface area (Å²) in [6.07, 6.45) is 6.68. The smallest absolute Gasteiger partial charge is 0.247 e. The Balaban J connectivity index is 1.50. The third kappa shape index (κ3) is 2.39. The molecule has 26 heavy (non-hydrogen) atoms. The lowest BCUT2D eigenvalue weighted by Gasteiger charge is -2.57. The van der Waals surface area contributed by atoms with Crippen molar-refractivity contribution in [2.45, 2.75) is 44.6 Å². The van der Waals surface area contributed by atoms with Crippen molar-refractivity contribution in [3.05, 3.63) is 35.6 Å². The molecule has 1 heterocycles. The first-order valence-electron chi connectivity index (χ1n) is 9.89. The molecule has 1 unspecified atom stereocenters. The Morgan fingerprint density at radius 1 is 1.08 bits per heavy atom. The normalized spacial score (nSPS) is 38.3. The van der Waals surface area contributed by atoms with Gasteiger partial charge < -0.3 is 10.2 Å². The molecule has 1 aliphatic heterocycles. The van der Waals surface area contributed by atoms with Crippen molar-refractivity contribution in [2.24, 2.45) is 23.2 Å². The van der Waals surface area contributed by atoms with Gasteiger partial charge in [0.25, 0.3) is 0 Å². The zero-order valence-electron chi connectivity index (χ0n) is 14.9. The number of benzene rings is 1. The molecule has 4 bridgehead atoms. The lowest BCUT2D eigenvalue weighted by molar-refractivity contribution is -0.164. The van der Waals surface area contributed by atoms with Gasteiger partial charge >= 0.3 is 0 Å². The van der Waals surface area contributed by atoms with Crippen LogP contribution in [0.4, 0.5) is 4.39 Å². The number of nitrogens with one attached hydrogen (secondary N) is 1. The molecular formula is C21H25FN2O2. The number of carbonyl (C=O) groups excluding carboxylic acids is 2. The van der Waals surface area contributed by atoms with Gasteiger partial charge in [-0.15, -0.1) is 0 Å². The summed E-state index contributed by atoms with van der Waals surface area (Å²) in [5.41, 5.74) is -0.00152. The van der Waals surface area contributed by atoms with Gasteiger partial charge in [0.2, 0.25) is 11.8 Å². The van der Waals surface area contributed by atoms with Gasteiger partial charge in [-0.2, -0.15) is 0 Å². The van der Waals surface area contributed by atoms with Gasteiger partial charge in [0, 0.05) is 18.7 Å². The third-order valence-corrected chi connectivity index (χ3v) is 7.16. The summed E-state index contributed by atoms with van der Waals surface area (Å²) in [6, 6.07) is 5.50. The Kier molecular flexibility index (Phi) is 3.63. The third-order valence-electron chi connectivity index (χ3n) is 7.16. The number of carbonyl (C=O) groups is 2. The van der Waals surface area contributed by atoms with Crippen LogP contribution in [0.15, 0.2) is 24.3 Å². The van der Waals surface area contributed by atoms with E-state index in [1.807, 2.05) is 0 Å². The summed E-state index contributed by atoms with van der Waals surface area (Å²) in [6.45, 7) is 0.910. The largest absolute Gasteiger partial charge is 0.352 e. The van der Waals surface area contributed by atoms with Crippen molar-refractivity contribution < 1.29 is 14.0 Å².